The zero-order valence-electron chi connectivity index (χ0n) is 14.5. The minimum absolute atomic E-state index is 0.315. The van der Waals surface area contributed by atoms with E-state index in [4.69, 9.17) is 0 Å². The largest absolute Gasteiger partial charge is 0.355 e. The summed E-state index contributed by atoms with van der Waals surface area (Å²) in [6.07, 6.45) is 2.51. The number of aromatic nitrogens is 1. The third-order valence-electron chi connectivity index (χ3n) is 4.09. The Kier molecular flexibility index (Phi) is 5.46. The van der Waals surface area contributed by atoms with Gasteiger partial charge in [-0.25, -0.2) is 4.98 Å². The molecule has 0 amide bonds. The first-order valence-electron chi connectivity index (χ1n) is 8.17. The van der Waals surface area contributed by atoms with Gasteiger partial charge in [-0.1, -0.05) is 18.2 Å². The van der Waals surface area contributed by atoms with Crippen LogP contribution in [0.2, 0.25) is 0 Å². The number of aliphatic imine (C=N–C) groups is 1. The molecule has 1 heterocycles. The molecule has 1 fully saturated rings. The van der Waals surface area contributed by atoms with Crippen LogP contribution in [0.1, 0.15) is 23.5 Å². The summed E-state index contributed by atoms with van der Waals surface area (Å²) in [5.41, 5.74) is 1.10. The van der Waals surface area contributed by atoms with Crippen molar-refractivity contribution in [3.8, 4) is 0 Å². The van der Waals surface area contributed by atoms with Gasteiger partial charge in [-0.05, 0) is 31.9 Å². The molecule has 4 nitrogen and oxygen atoms in total. The molecule has 1 N–H and O–H groups in total. The summed E-state index contributed by atoms with van der Waals surface area (Å²) < 4.78 is 0.315. The van der Waals surface area contributed by atoms with Gasteiger partial charge in [0.25, 0.3) is 0 Å². The van der Waals surface area contributed by atoms with Gasteiger partial charge < -0.3 is 10.2 Å². The first kappa shape index (κ1) is 17.3. The molecule has 2 aromatic rings. The minimum atomic E-state index is 0.315. The monoisotopic (exact) mass is 360 g/mol. The molecule has 6 heteroatoms. The second kappa shape index (κ2) is 7.57. The molecular formula is C18H24N4S2. The average molecular weight is 361 g/mol. The average Bonchev–Trinajstić information content (AvgIpc) is 3.21. The minimum Gasteiger partial charge on any atom is -0.355 e. The van der Waals surface area contributed by atoms with Crippen molar-refractivity contribution < 1.29 is 0 Å². The number of rotatable bonds is 6. The number of hydrogen-bond acceptors (Lipinski definition) is 4. The third-order valence-corrected chi connectivity index (χ3v) is 6.41. The van der Waals surface area contributed by atoms with Gasteiger partial charge in [0.05, 0.1) is 17.2 Å². The lowest BCUT2D eigenvalue weighted by molar-refractivity contribution is 0.470. The maximum atomic E-state index is 4.53. The predicted octanol–water partition coefficient (Wildman–Crippen LogP) is 3.78. The molecule has 1 aliphatic rings. The Morgan fingerprint density at radius 2 is 2.12 bits per heavy atom. The third kappa shape index (κ3) is 4.51. The van der Waals surface area contributed by atoms with Crippen molar-refractivity contribution in [3.63, 3.8) is 0 Å². The van der Waals surface area contributed by atoms with E-state index in [9.17, 15) is 0 Å². The molecule has 0 aliphatic heterocycles. The van der Waals surface area contributed by atoms with Gasteiger partial charge in [0, 0.05) is 35.7 Å². The van der Waals surface area contributed by atoms with Crippen molar-refractivity contribution in [2.45, 2.75) is 36.0 Å². The molecule has 0 unspecified atom stereocenters. The molecule has 3 rings (SSSR count). The Hall–Kier alpha value is -1.53. The maximum Gasteiger partial charge on any atom is 0.193 e. The van der Waals surface area contributed by atoms with E-state index in [-0.39, 0.29) is 0 Å². The fourth-order valence-corrected chi connectivity index (χ4v) is 4.46. The second-order valence-electron chi connectivity index (χ2n) is 6.21. The van der Waals surface area contributed by atoms with Gasteiger partial charge in [-0.15, -0.1) is 23.1 Å². The van der Waals surface area contributed by atoms with Gasteiger partial charge >= 0.3 is 0 Å². The Labute approximate surface area is 152 Å². The summed E-state index contributed by atoms with van der Waals surface area (Å²) in [6, 6.07) is 10.7. The van der Waals surface area contributed by atoms with Crippen molar-refractivity contribution in [1.82, 2.24) is 15.2 Å². The molecule has 1 aromatic carbocycles. The van der Waals surface area contributed by atoms with Gasteiger partial charge in [0.2, 0.25) is 0 Å². The van der Waals surface area contributed by atoms with Crippen LogP contribution >= 0.6 is 23.1 Å². The highest BCUT2D eigenvalue weighted by Crippen LogP contribution is 2.51. The Morgan fingerprint density at radius 3 is 2.71 bits per heavy atom. The van der Waals surface area contributed by atoms with Crippen molar-refractivity contribution in [1.29, 1.82) is 0 Å². The highest BCUT2D eigenvalue weighted by Gasteiger charge is 2.43. The normalized spacial score (nSPS) is 16.0. The van der Waals surface area contributed by atoms with E-state index in [1.54, 1.807) is 11.3 Å². The first-order valence-corrected chi connectivity index (χ1v) is 9.87. The molecule has 24 heavy (non-hydrogen) atoms. The number of nitrogens with one attached hydrogen (secondary N) is 1. The van der Waals surface area contributed by atoms with Crippen LogP contribution in [0.4, 0.5) is 0 Å². The van der Waals surface area contributed by atoms with Crippen LogP contribution in [0, 0.1) is 6.92 Å². The fourth-order valence-electron chi connectivity index (χ4n) is 2.62. The SMILES string of the molecule is CN=C(NCC1(Sc2ccccc2)CC1)N(C)Cc1csc(C)n1. The van der Waals surface area contributed by atoms with Gasteiger partial charge in [0.15, 0.2) is 5.96 Å². The van der Waals surface area contributed by atoms with Crippen LogP contribution in [0.15, 0.2) is 45.6 Å². The summed E-state index contributed by atoms with van der Waals surface area (Å²) in [6.45, 7) is 3.77. The van der Waals surface area contributed by atoms with Gasteiger partial charge in [0.1, 0.15) is 0 Å². The summed E-state index contributed by atoms with van der Waals surface area (Å²) >= 11 is 3.67. The molecular weight excluding hydrogens is 336 g/mol. The van der Waals surface area contributed by atoms with Crippen molar-refractivity contribution in [3.05, 3.63) is 46.4 Å². The fraction of sp³-hybridized carbons (Fsp3) is 0.444. The standard InChI is InChI=1S/C18H24N4S2/c1-14-21-15(12-23-14)11-22(3)17(19-2)20-13-18(9-10-18)24-16-7-5-4-6-8-16/h4-8,12H,9-11,13H2,1-3H3,(H,19,20). The molecule has 0 saturated heterocycles. The van der Waals surface area contributed by atoms with Crippen molar-refractivity contribution in [2.75, 3.05) is 20.6 Å². The molecule has 128 valence electrons. The van der Waals surface area contributed by atoms with Gasteiger partial charge in [-0.2, -0.15) is 0 Å². The van der Waals surface area contributed by atoms with E-state index in [1.165, 1.54) is 17.7 Å². The van der Waals surface area contributed by atoms with Crippen LogP contribution < -0.4 is 5.32 Å². The number of guanidine groups is 1. The first-order chi connectivity index (χ1) is 11.6. The highest BCUT2D eigenvalue weighted by molar-refractivity contribution is 8.01. The van der Waals surface area contributed by atoms with Gasteiger partial charge in [-0.3, -0.25) is 4.99 Å². The number of aryl methyl sites for hydroxylation is 1. The lowest BCUT2D eigenvalue weighted by Gasteiger charge is -2.24. The highest BCUT2D eigenvalue weighted by atomic mass is 32.2. The predicted molar refractivity (Wildman–Crippen MR) is 104 cm³/mol. The zero-order chi connectivity index (χ0) is 17.0. The topological polar surface area (TPSA) is 40.5 Å². The number of thioether (sulfide) groups is 1. The number of nitrogens with zero attached hydrogens (tertiary/aromatic N) is 3. The zero-order valence-corrected chi connectivity index (χ0v) is 16.1. The molecule has 0 atom stereocenters. The molecule has 0 bridgehead atoms. The Morgan fingerprint density at radius 1 is 1.38 bits per heavy atom. The van der Waals surface area contributed by atoms with E-state index in [0.29, 0.717) is 4.75 Å². The Balaban J connectivity index is 1.54. The van der Waals surface area contributed by atoms with Crippen LogP contribution in [0.25, 0.3) is 0 Å². The summed E-state index contributed by atoms with van der Waals surface area (Å²) in [5, 5.41) is 6.78. The number of hydrogen-bond donors (Lipinski definition) is 1. The molecule has 1 saturated carbocycles. The second-order valence-corrected chi connectivity index (χ2v) is 8.82. The quantitative estimate of drug-likeness (QED) is 0.629. The summed E-state index contributed by atoms with van der Waals surface area (Å²) in [4.78, 5) is 12.4. The molecule has 1 aliphatic carbocycles. The number of benzene rings is 1. The van der Waals surface area contributed by atoms with Crippen LogP contribution in [-0.2, 0) is 6.54 Å². The smallest absolute Gasteiger partial charge is 0.193 e. The molecule has 0 radical (unpaired) electrons. The maximum absolute atomic E-state index is 4.53. The van der Waals surface area contributed by atoms with Crippen LogP contribution in [0.5, 0.6) is 0 Å². The van der Waals surface area contributed by atoms with Crippen LogP contribution in [-0.4, -0.2) is 41.2 Å². The lowest BCUT2D eigenvalue weighted by atomic mass is 10.4. The summed E-state index contributed by atoms with van der Waals surface area (Å²) in [7, 11) is 3.91. The van der Waals surface area contributed by atoms with E-state index < -0.39 is 0 Å². The Bertz CT molecular complexity index is 692. The van der Waals surface area contributed by atoms with E-state index in [2.05, 4.69) is 63.0 Å². The van der Waals surface area contributed by atoms with Crippen molar-refractivity contribution >= 4 is 29.1 Å². The summed E-state index contributed by atoms with van der Waals surface area (Å²) in [5.74, 6) is 0.931. The van der Waals surface area contributed by atoms with Crippen LogP contribution in [0.3, 0.4) is 0 Å². The molecule has 0 spiro atoms. The van der Waals surface area contributed by atoms with E-state index in [1.807, 2.05) is 25.7 Å². The van der Waals surface area contributed by atoms with E-state index >= 15 is 0 Å². The number of thiazole rings is 1. The van der Waals surface area contributed by atoms with E-state index in [0.717, 1.165) is 29.8 Å². The van der Waals surface area contributed by atoms with Crippen molar-refractivity contribution in [2.24, 2.45) is 4.99 Å². The molecule has 1 aromatic heterocycles. The lowest BCUT2D eigenvalue weighted by Crippen LogP contribution is -2.42.